The van der Waals surface area contributed by atoms with E-state index >= 15 is 0 Å². The molecule has 1 unspecified atom stereocenters. The molecule has 0 heterocycles. The highest BCUT2D eigenvalue weighted by Crippen LogP contribution is 2.46. The Morgan fingerprint density at radius 2 is 1.75 bits per heavy atom. The van der Waals surface area contributed by atoms with Crippen molar-refractivity contribution < 1.29 is 9.47 Å². The fourth-order valence-corrected chi connectivity index (χ4v) is 4.10. The van der Waals surface area contributed by atoms with Crippen molar-refractivity contribution in [3.63, 3.8) is 0 Å². The second kappa shape index (κ2) is 7.56. The molecule has 2 rings (SSSR count). The molecule has 0 bridgehead atoms. The van der Waals surface area contributed by atoms with Gasteiger partial charge in [0, 0.05) is 5.56 Å². The average molecular weight is 362 g/mol. The van der Waals surface area contributed by atoms with Crippen LogP contribution in [0, 0.1) is 5.92 Å². The number of ether oxygens (including phenoxy) is 2. The van der Waals surface area contributed by atoms with E-state index in [4.69, 9.17) is 21.1 Å². The fourth-order valence-electron chi connectivity index (χ4n) is 2.99. The molecule has 1 saturated carbocycles. The predicted molar refractivity (Wildman–Crippen MR) is 87.0 cm³/mol. The largest absolute Gasteiger partial charge is 0.495 e. The quantitative estimate of drug-likeness (QED) is 0.504. The number of halogens is 2. The highest BCUT2D eigenvalue weighted by Gasteiger charge is 2.26. The minimum absolute atomic E-state index is 0.00487. The molecule has 2 nitrogen and oxygen atoms in total. The number of hydrogen-bond acceptors (Lipinski definition) is 2. The summed E-state index contributed by atoms with van der Waals surface area (Å²) in [5.41, 5.74) is 1.06. The van der Waals surface area contributed by atoms with Gasteiger partial charge in [-0.05, 0) is 40.8 Å². The maximum absolute atomic E-state index is 6.77. The van der Waals surface area contributed by atoms with Gasteiger partial charge in [-0.25, -0.2) is 0 Å². The summed E-state index contributed by atoms with van der Waals surface area (Å²) >= 11 is 10.3. The molecule has 0 aromatic heterocycles. The van der Waals surface area contributed by atoms with Crippen LogP contribution in [-0.4, -0.2) is 14.2 Å². The van der Waals surface area contributed by atoms with Crippen LogP contribution in [0.1, 0.15) is 49.5 Å². The van der Waals surface area contributed by atoms with Gasteiger partial charge in [0.2, 0.25) is 0 Å². The molecule has 0 spiro atoms. The van der Waals surface area contributed by atoms with Crippen LogP contribution in [0.5, 0.6) is 11.5 Å². The fraction of sp³-hybridized carbons (Fsp3) is 0.625. The Balaban J connectivity index is 2.28. The van der Waals surface area contributed by atoms with Crippen molar-refractivity contribution in [3.05, 3.63) is 22.2 Å². The van der Waals surface area contributed by atoms with Crippen LogP contribution >= 0.6 is 27.5 Å². The maximum Gasteiger partial charge on any atom is 0.141 e. The molecule has 1 aromatic carbocycles. The molecule has 0 N–H and O–H groups in total. The van der Waals surface area contributed by atoms with Gasteiger partial charge in [0.05, 0.1) is 19.6 Å². The smallest absolute Gasteiger partial charge is 0.141 e. The molecule has 4 heteroatoms. The van der Waals surface area contributed by atoms with Gasteiger partial charge < -0.3 is 9.47 Å². The first kappa shape index (κ1) is 16.0. The van der Waals surface area contributed by atoms with E-state index in [-0.39, 0.29) is 5.38 Å². The molecule has 0 amide bonds. The number of benzene rings is 1. The van der Waals surface area contributed by atoms with Crippen LogP contribution in [0.3, 0.4) is 0 Å². The molecular formula is C16H22BrClO2. The van der Waals surface area contributed by atoms with E-state index in [9.17, 15) is 0 Å². The number of rotatable bonds is 4. The SMILES string of the molecule is COc1ccc(C(Cl)C2CCCCCC2)c(OC)c1Br. The summed E-state index contributed by atoms with van der Waals surface area (Å²) in [6.45, 7) is 0. The Labute approximate surface area is 134 Å². The van der Waals surface area contributed by atoms with E-state index in [1.807, 2.05) is 12.1 Å². The second-order valence-corrected chi connectivity index (χ2v) is 6.62. The third kappa shape index (κ3) is 3.43. The Morgan fingerprint density at radius 3 is 2.30 bits per heavy atom. The van der Waals surface area contributed by atoms with Gasteiger partial charge in [-0.1, -0.05) is 31.7 Å². The van der Waals surface area contributed by atoms with Crippen LogP contribution in [-0.2, 0) is 0 Å². The van der Waals surface area contributed by atoms with Crippen LogP contribution in [0.2, 0.25) is 0 Å². The average Bonchev–Trinajstić information content (AvgIpc) is 2.75. The molecular weight excluding hydrogens is 340 g/mol. The summed E-state index contributed by atoms with van der Waals surface area (Å²) in [5.74, 6) is 2.11. The molecule has 112 valence electrons. The first-order chi connectivity index (χ1) is 9.69. The lowest BCUT2D eigenvalue weighted by Gasteiger charge is -2.23. The van der Waals surface area contributed by atoms with Crippen LogP contribution in [0.15, 0.2) is 16.6 Å². The molecule has 1 aliphatic rings. The summed E-state index contributed by atoms with van der Waals surface area (Å²) in [5, 5.41) is 0.00487. The molecule has 1 atom stereocenters. The normalized spacial score (nSPS) is 18.4. The first-order valence-electron chi connectivity index (χ1n) is 7.23. The highest BCUT2D eigenvalue weighted by atomic mass is 79.9. The predicted octanol–water partition coefficient (Wildman–Crippen LogP) is 5.72. The van der Waals surface area contributed by atoms with Crippen LogP contribution in [0.4, 0.5) is 0 Å². The zero-order valence-electron chi connectivity index (χ0n) is 12.1. The topological polar surface area (TPSA) is 18.5 Å². The van der Waals surface area contributed by atoms with Crippen molar-refractivity contribution in [1.29, 1.82) is 0 Å². The third-order valence-corrected chi connectivity index (χ3v) is 5.47. The highest BCUT2D eigenvalue weighted by molar-refractivity contribution is 9.10. The molecule has 0 saturated heterocycles. The molecule has 0 radical (unpaired) electrons. The van der Waals surface area contributed by atoms with E-state index in [1.54, 1.807) is 14.2 Å². The second-order valence-electron chi connectivity index (χ2n) is 5.36. The van der Waals surface area contributed by atoms with Crippen molar-refractivity contribution in [2.45, 2.75) is 43.9 Å². The Hall–Kier alpha value is -0.410. The molecule has 20 heavy (non-hydrogen) atoms. The molecule has 1 fully saturated rings. The van der Waals surface area contributed by atoms with E-state index < -0.39 is 0 Å². The van der Waals surface area contributed by atoms with Crippen molar-refractivity contribution in [1.82, 2.24) is 0 Å². The Morgan fingerprint density at radius 1 is 1.10 bits per heavy atom. The lowest BCUT2D eigenvalue weighted by Crippen LogP contribution is -2.09. The van der Waals surface area contributed by atoms with E-state index in [1.165, 1.54) is 38.5 Å². The van der Waals surface area contributed by atoms with Gasteiger partial charge in [-0.3, -0.25) is 0 Å². The Bertz CT molecular complexity index is 442. The van der Waals surface area contributed by atoms with Gasteiger partial charge >= 0.3 is 0 Å². The number of methoxy groups -OCH3 is 2. The minimum Gasteiger partial charge on any atom is -0.495 e. The summed E-state index contributed by atoms with van der Waals surface area (Å²) in [7, 11) is 3.34. The summed E-state index contributed by atoms with van der Waals surface area (Å²) in [6.07, 6.45) is 7.66. The molecule has 0 aliphatic heterocycles. The van der Waals surface area contributed by atoms with Crippen molar-refractivity contribution in [3.8, 4) is 11.5 Å². The zero-order chi connectivity index (χ0) is 14.5. The lowest BCUT2D eigenvalue weighted by molar-refractivity contribution is 0.377. The van der Waals surface area contributed by atoms with E-state index in [0.717, 1.165) is 21.5 Å². The zero-order valence-corrected chi connectivity index (χ0v) is 14.5. The van der Waals surface area contributed by atoms with Crippen molar-refractivity contribution in [2.75, 3.05) is 14.2 Å². The van der Waals surface area contributed by atoms with Crippen molar-refractivity contribution >= 4 is 27.5 Å². The molecule has 1 aromatic rings. The summed E-state index contributed by atoms with van der Waals surface area (Å²) in [4.78, 5) is 0. The monoisotopic (exact) mass is 360 g/mol. The summed E-state index contributed by atoms with van der Waals surface area (Å²) < 4.78 is 11.7. The maximum atomic E-state index is 6.77. The van der Waals surface area contributed by atoms with Gasteiger partial charge in [-0.15, -0.1) is 11.6 Å². The molecule has 1 aliphatic carbocycles. The minimum atomic E-state index is 0.00487. The van der Waals surface area contributed by atoms with E-state index in [2.05, 4.69) is 15.9 Å². The van der Waals surface area contributed by atoms with Gasteiger partial charge in [0.1, 0.15) is 16.0 Å². The van der Waals surface area contributed by atoms with Crippen molar-refractivity contribution in [2.24, 2.45) is 5.92 Å². The summed E-state index contributed by atoms with van der Waals surface area (Å²) in [6, 6.07) is 3.99. The first-order valence-corrected chi connectivity index (χ1v) is 8.46. The van der Waals surface area contributed by atoms with Crippen LogP contribution in [0.25, 0.3) is 0 Å². The Kier molecular flexibility index (Phi) is 6.03. The number of hydrogen-bond donors (Lipinski definition) is 0. The van der Waals surface area contributed by atoms with Crippen LogP contribution < -0.4 is 9.47 Å². The van der Waals surface area contributed by atoms with Gasteiger partial charge in [-0.2, -0.15) is 0 Å². The van der Waals surface area contributed by atoms with Gasteiger partial charge in [0.15, 0.2) is 0 Å². The van der Waals surface area contributed by atoms with Gasteiger partial charge in [0.25, 0.3) is 0 Å². The third-order valence-electron chi connectivity index (χ3n) is 4.13. The standard InChI is InChI=1S/C16H22BrClO2/c1-19-13-10-9-12(16(20-2)14(13)17)15(18)11-7-5-3-4-6-8-11/h9-11,15H,3-8H2,1-2H3. The van der Waals surface area contributed by atoms with E-state index in [0.29, 0.717) is 5.92 Å². The lowest BCUT2D eigenvalue weighted by atomic mass is 9.91. The number of alkyl halides is 1.